The van der Waals surface area contributed by atoms with E-state index in [0.29, 0.717) is 29.5 Å². The van der Waals surface area contributed by atoms with Gasteiger partial charge < -0.3 is 4.74 Å². The van der Waals surface area contributed by atoms with Crippen molar-refractivity contribution in [1.29, 1.82) is 0 Å². The van der Waals surface area contributed by atoms with Crippen LogP contribution in [0.1, 0.15) is 71.6 Å². The highest BCUT2D eigenvalue weighted by atomic mass is 16.6. The first kappa shape index (κ1) is 16.8. The van der Waals surface area contributed by atoms with E-state index < -0.39 is 0 Å². The van der Waals surface area contributed by atoms with Gasteiger partial charge >= 0.3 is 5.97 Å². The Balaban J connectivity index is 1.54. The van der Waals surface area contributed by atoms with Crippen LogP contribution in [0, 0.1) is 29.1 Å². The summed E-state index contributed by atoms with van der Waals surface area (Å²) in [4.78, 5) is 23.9. The molecular formula is C23H30O3. The molecule has 0 unspecified atom stereocenters. The number of ketones is 1. The summed E-state index contributed by atoms with van der Waals surface area (Å²) in [5, 5.41) is 0. The van der Waals surface area contributed by atoms with Gasteiger partial charge in [-0.05, 0) is 74.7 Å². The fourth-order valence-electron chi connectivity index (χ4n) is 7.91. The number of rotatable bonds is 1. The third-order valence-corrected chi connectivity index (χ3v) is 8.82. The lowest BCUT2D eigenvalue weighted by Crippen LogP contribution is -2.54. The van der Waals surface area contributed by atoms with Gasteiger partial charge in [-0.15, -0.1) is 0 Å². The molecule has 2 fully saturated rings. The molecule has 1 spiro atoms. The number of Topliss-reactive ketones (excluding diaryl/α,β-unsaturated/α-hetero) is 1. The fraction of sp³-hybridized carbons (Fsp3) is 0.739. The average molecular weight is 354 g/mol. The van der Waals surface area contributed by atoms with Crippen molar-refractivity contribution in [3.05, 3.63) is 23.3 Å². The zero-order valence-corrected chi connectivity index (χ0v) is 16.1. The van der Waals surface area contributed by atoms with Gasteiger partial charge in [-0.1, -0.05) is 25.0 Å². The Labute approximate surface area is 156 Å². The summed E-state index contributed by atoms with van der Waals surface area (Å²) in [6.07, 6.45) is 13.0. The summed E-state index contributed by atoms with van der Waals surface area (Å²) in [7, 11) is 0. The lowest BCUT2D eigenvalue weighted by Gasteiger charge is -2.56. The molecule has 0 aromatic rings. The molecule has 26 heavy (non-hydrogen) atoms. The Kier molecular flexibility index (Phi) is 3.59. The van der Waals surface area contributed by atoms with Crippen LogP contribution < -0.4 is 0 Å². The normalized spacial score (nSPS) is 47.0. The Hall–Kier alpha value is -1.38. The van der Waals surface area contributed by atoms with E-state index in [4.69, 9.17) is 4.74 Å². The molecule has 4 aliphatic carbocycles. The van der Waals surface area contributed by atoms with Crippen LogP contribution in [-0.2, 0) is 14.3 Å². The highest BCUT2D eigenvalue weighted by Gasteiger charge is 2.66. The summed E-state index contributed by atoms with van der Waals surface area (Å²) in [6, 6.07) is 0. The second-order valence-corrected chi connectivity index (χ2v) is 9.55. The molecule has 0 saturated heterocycles. The number of allylic oxidation sites excluding steroid dienone is 2. The first-order valence-corrected chi connectivity index (χ1v) is 10.6. The smallest absolute Gasteiger partial charge is 0.331 e. The van der Waals surface area contributed by atoms with Crippen LogP contribution in [0.4, 0.5) is 0 Å². The molecule has 5 aliphatic rings. The van der Waals surface area contributed by atoms with Crippen molar-refractivity contribution >= 4 is 11.8 Å². The third-order valence-electron chi connectivity index (χ3n) is 8.82. The van der Waals surface area contributed by atoms with Crippen LogP contribution in [0.25, 0.3) is 0 Å². The standard InChI is InChI=1S/C23H30O3/c1-3-22-9-6-18-17-5-4-16(24)13-15(17)12-14(2)21(18)19(22)7-10-23(22)11-8-20(25)26-23/h8,11,14,18-19,21H,3-7,9-10,12-13H2,1-2H3/t14-,18-,19+,21-,22+,23-/m1/s1. The summed E-state index contributed by atoms with van der Waals surface area (Å²) >= 11 is 0. The van der Waals surface area contributed by atoms with E-state index in [-0.39, 0.29) is 17.0 Å². The lowest BCUT2D eigenvalue weighted by atomic mass is 9.49. The van der Waals surface area contributed by atoms with Gasteiger partial charge in [0, 0.05) is 24.3 Å². The number of esters is 1. The number of ether oxygens (including phenoxy) is 1. The largest absolute Gasteiger partial charge is 0.451 e. The Morgan fingerprint density at radius 2 is 2.04 bits per heavy atom. The van der Waals surface area contributed by atoms with Crippen molar-refractivity contribution in [2.45, 2.75) is 77.2 Å². The predicted molar refractivity (Wildman–Crippen MR) is 99.3 cm³/mol. The fourth-order valence-corrected chi connectivity index (χ4v) is 7.91. The molecule has 3 heteroatoms. The molecule has 0 N–H and O–H groups in total. The van der Waals surface area contributed by atoms with Crippen LogP contribution in [0.5, 0.6) is 0 Å². The zero-order valence-electron chi connectivity index (χ0n) is 16.1. The van der Waals surface area contributed by atoms with Crippen LogP contribution in [0.3, 0.4) is 0 Å². The van der Waals surface area contributed by atoms with Gasteiger partial charge in [-0.25, -0.2) is 4.79 Å². The van der Waals surface area contributed by atoms with Crippen LogP contribution in [-0.4, -0.2) is 17.4 Å². The number of carbonyl (C=O) groups is 2. The first-order chi connectivity index (χ1) is 12.5. The zero-order chi connectivity index (χ0) is 18.1. The molecular weight excluding hydrogens is 324 g/mol. The molecule has 1 heterocycles. The van der Waals surface area contributed by atoms with E-state index in [1.165, 1.54) is 18.4 Å². The Bertz CT molecular complexity index is 732. The molecule has 6 atom stereocenters. The minimum absolute atomic E-state index is 0.119. The SMILES string of the molecule is CC[C@]12CC[C@@H]3C4=C(CC(=O)CC4)C[C@@H](C)[C@H]3[C@@H]1CC[C@@]21C=CC(=O)O1. The first-order valence-electron chi connectivity index (χ1n) is 10.6. The minimum atomic E-state index is -0.342. The molecule has 3 nitrogen and oxygen atoms in total. The highest BCUT2D eigenvalue weighted by Crippen LogP contribution is 2.68. The lowest BCUT2D eigenvalue weighted by molar-refractivity contribution is -0.163. The van der Waals surface area contributed by atoms with Gasteiger partial charge in [-0.2, -0.15) is 0 Å². The van der Waals surface area contributed by atoms with Gasteiger partial charge in [0.05, 0.1) is 0 Å². The third kappa shape index (κ3) is 2.00. The van der Waals surface area contributed by atoms with E-state index in [1.807, 2.05) is 0 Å². The predicted octanol–water partition coefficient (Wildman–Crippen LogP) is 4.76. The molecule has 5 rings (SSSR count). The summed E-state index contributed by atoms with van der Waals surface area (Å²) in [5.74, 6) is 2.94. The summed E-state index contributed by atoms with van der Waals surface area (Å²) in [6.45, 7) is 4.71. The van der Waals surface area contributed by atoms with Gasteiger partial charge in [0.25, 0.3) is 0 Å². The number of hydrogen-bond acceptors (Lipinski definition) is 3. The highest BCUT2D eigenvalue weighted by molar-refractivity contribution is 5.85. The number of fused-ring (bicyclic) bond motifs is 5. The number of carbonyl (C=O) groups excluding carboxylic acids is 2. The van der Waals surface area contributed by atoms with Gasteiger partial charge in [0.1, 0.15) is 11.4 Å². The molecule has 0 bridgehead atoms. The van der Waals surface area contributed by atoms with Gasteiger partial charge in [-0.3, -0.25) is 4.79 Å². The van der Waals surface area contributed by atoms with Crippen molar-refractivity contribution in [1.82, 2.24) is 0 Å². The molecule has 1 aliphatic heterocycles. The molecule has 2 saturated carbocycles. The van der Waals surface area contributed by atoms with E-state index in [1.54, 1.807) is 11.6 Å². The molecule has 0 radical (unpaired) electrons. The second kappa shape index (κ2) is 5.56. The van der Waals surface area contributed by atoms with E-state index in [2.05, 4.69) is 19.9 Å². The maximum atomic E-state index is 12.0. The molecule has 0 aromatic heterocycles. The summed E-state index contributed by atoms with van der Waals surface area (Å²) in [5.41, 5.74) is 2.91. The van der Waals surface area contributed by atoms with Crippen molar-refractivity contribution in [2.75, 3.05) is 0 Å². The van der Waals surface area contributed by atoms with E-state index in [0.717, 1.165) is 44.9 Å². The van der Waals surface area contributed by atoms with Crippen LogP contribution >= 0.6 is 0 Å². The Morgan fingerprint density at radius 3 is 2.77 bits per heavy atom. The maximum Gasteiger partial charge on any atom is 0.331 e. The molecule has 0 amide bonds. The van der Waals surface area contributed by atoms with E-state index in [9.17, 15) is 9.59 Å². The van der Waals surface area contributed by atoms with Crippen molar-refractivity contribution in [2.24, 2.45) is 29.1 Å². The van der Waals surface area contributed by atoms with E-state index >= 15 is 0 Å². The monoisotopic (exact) mass is 354 g/mol. The second-order valence-electron chi connectivity index (χ2n) is 9.55. The van der Waals surface area contributed by atoms with Crippen molar-refractivity contribution in [3.63, 3.8) is 0 Å². The Morgan fingerprint density at radius 1 is 1.19 bits per heavy atom. The van der Waals surface area contributed by atoms with Gasteiger partial charge in [0.2, 0.25) is 0 Å². The quantitative estimate of drug-likeness (QED) is 0.504. The average Bonchev–Trinajstić information content (AvgIpc) is 3.16. The minimum Gasteiger partial charge on any atom is -0.451 e. The van der Waals surface area contributed by atoms with Gasteiger partial charge in [0.15, 0.2) is 0 Å². The molecule has 0 aromatic carbocycles. The number of hydrogen-bond donors (Lipinski definition) is 0. The summed E-state index contributed by atoms with van der Waals surface area (Å²) < 4.78 is 6.00. The van der Waals surface area contributed by atoms with Crippen molar-refractivity contribution < 1.29 is 14.3 Å². The van der Waals surface area contributed by atoms with Crippen LogP contribution in [0.2, 0.25) is 0 Å². The molecule has 140 valence electrons. The van der Waals surface area contributed by atoms with Crippen LogP contribution in [0.15, 0.2) is 23.3 Å². The topological polar surface area (TPSA) is 43.4 Å². The van der Waals surface area contributed by atoms with Crippen molar-refractivity contribution in [3.8, 4) is 0 Å². The maximum absolute atomic E-state index is 12.0.